The molecule has 2 saturated heterocycles. The van der Waals surface area contributed by atoms with E-state index in [2.05, 4.69) is 16.0 Å². The zero-order chi connectivity index (χ0) is 20.7. The summed E-state index contributed by atoms with van der Waals surface area (Å²) in [6.07, 6.45) is 4.31. The highest BCUT2D eigenvalue weighted by atomic mass is 16.2. The molecule has 3 atom stereocenters. The number of amides is 3. The van der Waals surface area contributed by atoms with Gasteiger partial charge in [0.1, 0.15) is 6.04 Å². The van der Waals surface area contributed by atoms with Gasteiger partial charge in [-0.15, -0.1) is 0 Å². The van der Waals surface area contributed by atoms with Gasteiger partial charge in [-0.3, -0.25) is 14.4 Å². The minimum absolute atomic E-state index is 0.000548. The fourth-order valence-corrected chi connectivity index (χ4v) is 4.02. The first kappa shape index (κ1) is 22.7. The summed E-state index contributed by atoms with van der Waals surface area (Å²) in [7, 11) is 0. The molecule has 0 radical (unpaired) electrons. The van der Waals surface area contributed by atoms with Crippen molar-refractivity contribution >= 4 is 17.7 Å². The quantitative estimate of drug-likeness (QED) is 0.578. The summed E-state index contributed by atoms with van der Waals surface area (Å²) < 4.78 is 0. The highest BCUT2D eigenvalue weighted by molar-refractivity contribution is 5.88. The van der Waals surface area contributed by atoms with E-state index in [4.69, 9.17) is 0 Å². The van der Waals surface area contributed by atoms with Gasteiger partial charge in [-0.2, -0.15) is 0 Å². The first-order valence-corrected chi connectivity index (χ1v) is 10.9. The number of hydrogen-bond donors (Lipinski definition) is 3. The van der Waals surface area contributed by atoms with Crippen molar-refractivity contribution in [2.45, 2.75) is 71.9 Å². The highest BCUT2D eigenvalue weighted by Crippen LogP contribution is 2.19. The third-order valence-electron chi connectivity index (χ3n) is 5.62. The maximum atomic E-state index is 13.1. The molecule has 2 rings (SSSR count). The number of nitrogens with one attached hydrogen (secondary N) is 3. The van der Waals surface area contributed by atoms with Crippen LogP contribution in [0.15, 0.2) is 0 Å². The summed E-state index contributed by atoms with van der Waals surface area (Å²) in [5.41, 5.74) is 0. The molecule has 0 aromatic heterocycles. The number of piperidine rings is 1. The number of carbonyl (C=O) groups excluding carboxylic acids is 3. The van der Waals surface area contributed by atoms with Gasteiger partial charge in [-0.25, -0.2) is 0 Å². The molecule has 7 nitrogen and oxygen atoms in total. The molecule has 3 unspecified atom stereocenters. The molecule has 0 aromatic rings. The van der Waals surface area contributed by atoms with E-state index in [1.54, 1.807) is 0 Å². The third-order valence-corrected chi connectivity index (χ3v) is 5.62. The predicted molar refractivity (Wildman–Crippen MR) is 110 cm³/mol. The molecule has 0 bridgehead atoms. The van der Waals surface area contributed by atoms with Crippen LogP contribution in [-0.4, -0.2) is 60.9 Å². The van der Waals surface area contributed by atoms with Crippen molar-refractivity contribution in [2.75, 3.05) is 26.2 Å². The van der Waals surface area contributed by atoms with E-state index in [-0.39, 0.29) is 41.5 Å². The van der Waals surface area contributed by atoms with E-state index < -0.39 is 6.04 Å². The van der Waals surface area contributed by atoms with Gasteiger partial charge in [-0.1, -0.05) is 27.7 Å². The SMILES string of the molecule is CC(C)CC(=O)NC(C(=O)N1CCCC(CNC(=O)C2CCCN2)C1)C(C)C. The van der Waals surface area contributed by atoms with Gasteiger partial charge in [0.25, 0.3) is 0 Å². The lowest BCUT2D eigenvalue weighted by Gasteiger charge is -2.36. The van der Waals surface area contributed by atoms with Crippen LogP contribution in [0.4, 0.5) is 0 Å². The Morgan fingerprint density at radius 2 is 1.86 bits per heavy atom. The summed E-state index contributed by atoms with van der Waals surface area (Å²) in [6.45, 7) is 10.8. The Balaban J connectivity index is 1.86. The van der Waals surface area contributed by atoms with E-state index in [1.807, 2.05) is 32.6 Å². The summed E-state index contributed by atoms with van der Waals surface area (Å²) >= 11 is 0. The second-order valence-electron chi connectivity index (χ2n) is 9.07. The lowest BCUT2D eigenvalue weighted by Crippen LogP contribution is -2.54. The number of hydrogen-bond acceptors (Lipinski definition) is 4. The molecule has 2 aliphatic heterocycles. The maximum Gasteiger partial charge on any atom is 0.245 e. The Bertz CT molecular complexity index is 544. The van der Waals surface area contributed by atoms with Gasteiger partial charge in [-0.05, 0) is 50.0 Å². The molecule has 2 aliphatic rings. The predicted octanol–water partition coefficient (Wildman–Crippen LogP) is 1.28. The Kier molecular flexibility index (Phi) is 8.73. The monoisotopic (exact) mass is 394 g/mol. The molecule has 28 heavy (non-hydrogen) atoms. The van der Waals surface area contributed by atoms with Gasteiger partial charge in [0.05, 0.1) is 6.04 Å². The molecular weight excluding hydrogens is 356 g/mol. The largest absolute Gasteiger partial charge is 0.354 e. The number of nitrogens with zero attached hydrogens (tertiary/aromatic N) is 1. The van der Waals surface area contributed by atoms with Crippen molar-refractivity contribution in [3.63, 3.8) is 0 Å². The van der Waals surface area contributed by atoms with Gasteiger partial charge in [0.15, 0.2) is 0 Å². The number of rotatable bonds is 8. The minimum Gasteiger partial charge on any atom is -0.354 e. The second kappa shape index (κ2) is 10.8. The molecule has 0 aliphatic carbocycles. The first-order valence-electron chi connectivity index (χ1n) is 10.9. The molecule has 0 saturated carbocycles. The maximum absolute atomic E-state index is 13.1. The van der Waals surface area contributed by atoms with Crippen LogP contribution in [0.1, 0.15) is 59.8 Å². The number of carbonyl (C=O) groups is 3. The minimum atomic E-state index is -0.484. The van der Waals surface area contributed by atoms with Crippen molar-refractivity contribution < 1.29 is 14.4 Å². The van der Waals surface area contributed by atoms with E-state index in [1.165, 1.54) is 0 Å². The third kappa shape index (κ3) is 6.76. The summed E-state index contributed by atoms with van der Waals surface area (Å²) in [4.78, 5) is 39.3. The fraction of sp³-hybridized carbons (Fsp3) is 0.857. The van der Waals surface area contributed by atoms with E-state index in [0.29, 0.717) is 19.5 Å². The molecule has 0 aromatic carbocycles. The Morgan fingerprint density at radius 3 is 2.46 bits per heavy atom. The summed E-state index contributed by atoms with van der Waals surface area (Å²) in [6, 6.07) is -0.551. The molecule has 3 amide bonds. The zero-order valence-corrected chi connectivity index (χ0v) is 17.9. The molecule has 0 spiro atoms. The van der Waals surface area contributed by atoms with Crippen molar-refractivity contribution in [2.24, 2.45) is 17.8 Å². The average molecular weight is 395 g/mol. The zero-order valence-electron chi connectivity index (χ0n) is 17.9. The topological polar surface area (TPSA) is 90.5 Å². The molecule has 2 heterocycles. The lowest BCUT2D eigenvalue weighted by molar-refractivity contribution is -0.139. The van der Waals surface area contributed by atoms with Crippen molar-refractivity contribution in [3.8, 4) is 0 Å². The summed E-state index contributed by atoms with van der Waals surface area (Å²) in [5, 5.41) is 9.20. The van der Waals surface area contributed by atoms with Crippen LogP contribution in [0.5, 0.6) is 0 Å². The van der Waals surface area contributed by atoms with Crippen molar-refractivity contribution in [3.05, 3.63) is 0 Å². The van der Waals surface area contributed by atoms with Gasteiger partial charge >= 0.3 is 0 Å². The molecule has 7 heteroatoms. The van der Waals surface area contributed by atoms with E-state index in [9.17, 15) is 14.4 Å². The average Bonchev–Trinajstić information content (AvgIpc) is 3.18. The standard InChI is InChI=1S/C21H38N4O3/c1-14(2)11-18(26)24-19(15(3)4)21(28)25-10-6-7-16(13-25)12-23-20(27)17-8-5-9-22-17/h14-17,19,22H,5-13H2,1-4H3,(H,23,27)(H,24,26). The highest BCUT2D eigenvalue weighted by Gasteiger charge is 2.32. The van der Waals surface area contributed by atoms with Crippen LogP contribution in [0.3, 0.4) is 0 Å². The Labute approximate surface area is 169 Å². The second-order valence-corrected chi connectivity index (χ2v) is 9.07. The molecular formula is C21H38N4O3. The van der Waals surface area contributed by atoms with Gasteiger partial charge in [0.2, 0.25) is 17.7 Å². The summed E-state index contributed by atoms with van der Waals surface area (Å²) in [5.74, 6) is 0.578. The molecule has 3 N–H and O–H groups in total. The van der Waals surface area contributed by atoms with Crippen LogP contribution < -0.4 is 16.0 Å². The van der Waals surface area contributed by atoms with Crippen LogP contribution in [-0.2, 0) is 14.4 Å². The molecule has 2 fully saturated rings. The Morgan fingerprint density at radius 1 is 1.11 bits per heavy atom. The van der Waals surface area contributed by atoms with Crippen LogP contribution in [0, 0.1) is 17.8 Å². The number of likely N-dealkylation sites (tertiary alicyclic amines) is 1. The smallest absolute Gasteiger partial charge is 0.245 e. The lowest BCUT2D eigenvalue weighted by atomic mass is 9.95. The normalized spacial score (nSPS) is 23.7. The first-order chi connectivity index (χ1) is 13.3. The van der Waals surface area contributed by atoms with Crippen molar-refractivity contribution in [1.29, 1.82) is 0 Å². The van der Waals surface area contributed by atoms with Gasteiger partial charge < -0.3 is 20.9 Å². The van der Waals surface area contributed by atoms with E-state index >= 15 is 0 Å². The van der Waals surface area contributed by atoms with Crippen LogP contribution in [0.25, 0.3) is 0 Å². The fourth-order valence-electron chi connectivity index (χ4n) is 4.02. The molecule has 160 valence electrons. The van der Waals surface area contributed by atoms with E-state index in [0.717, 1.165) is 38.8 Å². The van der Waals surface area contributed by atoms with Crippen LogP contribution in [0.2, 0.25) is 0 Å². The van der Waals surface area contributed by atoms with Crippen LogP contribution >= 0.6 is 0 Å². The van der Waals surface area contributed by atoms with Gasteiger partial charge in [0, 0.05) is 26.1 Å². The van der Waals surface area contributed by atoms with Crippen molar-refractivity contribution in [1.82, 2.24) is 20.9 Å². The Hall–Kier alpha value is -1.63.